The number of nitrogens with one attached hydrogen (secondary N) is 1. The summed E-state index contributed by atoms with van der Waals surface area (Å²) >= 11 is 0. The van der Waals surface area contributed by atoms with Gasteiger partial charge in [0.15, 0.2) is 11.5 Å². The molecule has 7 nitrogen and oxygen atoms in total. The van der Waals surface area contributed by atoms with E-state index in [-0.39, 0.29) is 12.6 Å². The molecule has 0 spiro atoms. The summed E-state index contributed by atoms with van der Waals surface area (Å²) < 4.78 is 10.6. The average molecular weight is 305 g/mol. The van der Waals surface area contributed by atoms with E-state index >= 15 is 0 Å². The van der Waals surface area contributed by atoms with Crippen molar-refractivity contribution in [1.29, 1.82) is 0 Å². The molecule has 0 aliphatic carbocycles. The molecule has 0 aromatic heterocycles. The van der Waals surface area contributed by atoms with Crippen LogP contribution in [0.15, 0.2) is 30.9 Å². The van der Waals surface area contributed by atoms with Crippen LogP contribution in [0, 0.1) is 0 Å². The highest BCUT2D eigenvalue weighted by Crippen LogP contribution is 2.42. The smallest absolute Gasteiger partial charge is 0.417 e. The minimum Gasteiger partial charge on any atom is -0.493 e. The summed E-state index contributed by atoms with van der Waals surface area (Å²) in [7, 11) is 4.64. The maximum absolute atomic E-state index is 12.3. The lowest BCUT2D eigenvalue weighted by Gasteiger charge is -2.40. The zero-order valence-corrected chi connectivity index (χ0v) is 12.8. The minimum atomic E-state index is -0.607. The Labute approximate surface area is 129 Å². The van der Waals surface area contributed by atoms with Crippen LogP contribution in [-0.2, 0) is 0 Å². The average Bonchev–Trinajstić information content (AvgIpc) is 2.53. The number of carbonyl (C=O) groups is 2. The summed E-state index contributed by atoms with van der Waals surface area (Å²) in [5.41, 5.74) is 0.673. The molecule has 0 fully saturated rings. The lowest BCUT2D eigenvalue weighted by Crippen LogP contribution is -2.51. The molecule has 2 rings (SSSR count). The molecule has 1 aromatic rings. The van der Waals surface area contributed by atoms with Crippen LogP contribution in [0.25, 0.3) is 0 Å². The van der Waals surface area contributed by atoms with Crippen LogP contribution >= 0.6 is 0 Å². The lowest BCUT2D eigenvalue weighted by atomic mass is 10.1. The highest BCUT2D eigenvalue weighted by molar-refractivity contribution is 5.79. The molecule has 1 unspecified atom stereocenters. The standard InChI is InChI=1S/C15H19N3O4/c1-5-9-18-13(17(3)14(19)16-2)10-7-6-8-11(21-4)12(10)22-15(18)20/h5-8,13H,1,9H2,2-4H3,(H,16,19). The molecule has 1 heterocycles. The number of hydrogen-bond donors (Lipinski definition) is 1. The van der Waals surface area contributed by atoms with Crippen LogP contribution in [0.2, 0.25) is 0 Å². The maximum Gasteiger partial charge on any atom is 0.417 e. The Morgan fingerprint density at radius 3 is 2.91 bits per heavy atom. The van der Waals surface area contributed by atoms with Crippen molar-refractivity contribution >= 4 is 12.1 Å². The molecule has 1 aromatic carbocycles. The predicted molar refractivity (Wildman–Crippen MR) is 80.9 cm³/mol. The maximum atomic E-state index is 12.3. The normalized spacial score (nSPS) is 16.4. The molecular weight excluding hydrogens is 286 g/mol. The summed E-state index contributed by atoms with van der Waals surface area (Å²) in [6.45, 7) is 3.90. The van der Waals surface area contributed by atoms with E-state index in [2.05, 4.69) is 11.9 Å². The van der Waals surface area contributed by atoms with Gasteiger partial charge < -0.3 is 19.7 Å². The fraction of sp³-hybridized carbons (Fsp3) is 0.333. The van der Waals surface area contributed by atoms with Gasteiger partial charge in [-0.25, -0.2) is 9.59 Å². The van der Waals surface area contributed by atoms with Gasteiger partial charge in [-0.2, -0.15) is 0 Å². The topological polar surface area (TPSA) is 71.1 Å². The van der Waals surface area contributed by atoms with Crippen molar-refractivity contribution in [2.45, 2.75) is 6.17 Å². The number of fused-ring (bicyclic) bond motifs is 1. The summed E-state index contributed by atoms with van der Waals surface area (Å²) in [6, 6.07) is 4.96. The third-order valence-electron chi connectivity index (χ3n) is 3.45. The fourth-order valence-corrected chi connectivity index (χ4v) is 2.44. The van der Waals surface area contributed by atoms with Gasteiger partial charge in [-0.15, -0.1) is 6.58 Å². The second-order valence-electron chi connectivity index (χ2n) is 4.73. The van der Waals surface area contributed by atoms with E-state index in [0.29, 0.717) is 17.1 Å². The Balaban J connectivity index is 2.56. The summed E-state index contributed by atoms with van der Waals surface area (Å²) in [4.78, 5) is 27.1. The molecule has 1 atom stereocenters. The van der Waals surface area contributed by atoms with Crippen LogP contribution in [0.1, 0.15) is 11.7 Å². The van der Waals surface area contributed by atoms with E-state index in [0.717, 1.165) is 0 Å². The second kappa shape index (κ2) is 6.38. The number of ether oxygens (including phenoxy) is 2. The van der Waals surface area contributed by atoms with Gasteiger partial charge >= 0.3 is 12.1 Å². The molecule has 22 heavy (non-hydrogen) atoms. The van der Waals surface area contributed by atoms with Crippen LogP contribution in [-0.4, -0.2) is 49.7 Å². The van der Waals surface area contributed by atoms with Gasteiger partial charge in [0.05, 0.1) is 7.11 Å². The van der Waals surface area contributed by atoms with Gasteiger partial charge in [-0.1, -0.05) is 18.2 Å². The van der Waals surface area contributed by atoms with Crippen LogP contribution < -0.4 is 14.8 Å². The second-order valence-corrected chi connectivity index (χ2v) is 4.73. The van der Waals surface area contributed by atoms with Gasteiger partial charge in [-0.3, -0.25) is 4.90 Å². The first-order chi connectivity index (χ1) is 10.5. The van der Waals surface area contributed by atoms with Crippen molar-refractivity contribution in [2.24, 2.45) is 0 Å². The highest BCUT2D eigenvalue weighted by Gasteiger charge is 2.39. The van der Waals surface area contributed by atoms with Crippen LogP contribution in [0.5, 0.6) is 11.5 Å². The first-order valence-corrected chi connectivity index (χ1v) is 6.76. The quantitative estimate of drug-likeness (QED) is 0.863. The summed E-state index contributed by atoms with van der Waals surface area (Å²) in [6.07, 6.45) is 0.416. The Morgan fingerprint density at radius 2 is 2.32 bits per heavy atom. The first kappa shape index (κ1) is 15.7. The molecule has 0 saturated carbocycles. The minimum absolute atomic E-state index is 0.251. The molecule has 0 saturated heterocycles. The molecule has 1 aliphatic rings. The zero-order chi connectivity index (χ0) is 16.3. The van der Waals surface area contributed by atoms with Crippen molar-refractivity contribution in [3.8, 4) is 11.5 Å². The van der Waals surface area contributed by atoms with E-state index in [1.165, 1.54) is 24.0 Å². The van der Waals surface area contributed by atoms with E-state index in [4.69, 9.17) is 9.47 Å². The number of urea groups is 1. The Bertz CT molecular complexity index is 602. The van der Waals surface area contributed by atoms with Crippen LogP contribution in [0.3, 0.4) is 0 Å². The largest absolute Gasteiger partial charge is 0.493 e. The monoisotopic (exact) mass is 305 g/mol. The van der Waals surface area contributed by atoms with Crippen molar-refractivity contribution in [3.05, 3.63) is 36.4 Å². The molecule has 0 bridgehead atoms. The number of methoxy groups -OCH3 is 1. The molecule has 7 heteroatoms. The van der Waals surface area contributed by atoms with Gasteiger partial charge in [0, 0.05) is 26.2 Å². The highest BCUT2D eigenvalue weighted by atomic mass is 16.6. The third kappa shape index (κ3) is 2.57. The number of benzene rings is 1. The number of amides is 3. The van der Waals surface area contributed by atoms with Crippen molar-refractivity contribution in [1.82, 2.24) is 15.1 Å². The molecule has 1 aliphatic heterocycles. The number of carbonyl (C=O) groups excluding carboxylic acids is 2. The Morgan fingerprint density at radius 1 is 1.59 bits per heavy atom. The van der Waals surface area contributed by atoms with Gasteiger partial charge in [0.1, 0.15) is 6.17 Å². The SMILES string of the molecule is C=CCN1C(=O)Oc2c(OC)cccc2C1N(C)C(=O)NC. The third-order valence-corrected chi connectivity index (χ3v) is 3.45. The lowest BCUT2D eigenvalue weighted by molar-refractivity contribution is 0.0667. The van der Waals surface area contributed by atoms with Crippen molar-refractivity contribution in [2.75, 3.05) is 27.7 Å². The summed E-state index contributed by atoms with van der Waals surface area (Å²) in [5.74, 6) is 0.774. The molecule has 0 radical (unpaired) electrons. The first-order valence-electron chi connectivity index (χ1n) is 6.76. The Hall–Kier alpha value is -2.70. The summed E-state index contributed by atoms with van der Waals surface area (Å²) in [5, 5.41) is 2.55. The number of nitrogens with zero attached hydrogens (tertiary/aromatic N) is 2. The van der Waals surface area contributed by atoms with Crippen molar-refractivity contribution in [3.63, 3.8) is 0 Å². The van der Waals surface area contributed by atoms with E-state index in [9.17, 15) is 9.59 Å². The fourth-order valence-electron chi connectivity index (χ4n) is 2.44. The Kier molecular flexibility index (Phi) is 4.55. The van der Waals surface area contributed by atoms with E-state index < -0.39 is 12.3 Å². The van der Waals surface area contributed by atoms with Gasteiger partial charge in [-0.05, 0) is 6.07 Å². The number of rotatable bonds is 4. The molecule has 118 valence electrons. The molecule has 3 amide bonds. The molecule has 1 N–H and O–H groups in total. The molecular formula is C15H19N3O4. The number of hydrogen-bond acceptors (Lipinski definition) is 4. The van der Waals surface area contributed by atoms with Crippen LogP contribution in [0.4, 0.5) is 9.59 Å². The van der Waals surface area contributed by atoms with E-state index in [1.54, 1.807) is 31.3 Å². The van der Waals surface area contributed by atoms with Crippen molar-refractivity contribution < 1.29 is 19.1 Å². The predicted octanol–water partition coefficient (Wildman–Crippen LogP) is 1.97. The zero-order valence-electron chi connectivity index (χ0n) is 12.8. The van der Waals surface area contributed by atoms with Gasteiger partial charge in [0.2, 0.25) is 0 Å². The van der Waals surface area contributed by atoms with E-state index in [1.807, 2.05) is 0 Å². The van der Waals surface area contributed by atoms with Gasteiger partial charge in [0.25, 0.3) is 0 Å². The number of para-hydroxylation sites is 1.